The number of carboxylic acids is 1. The van der Waals surface area contributed by atoms with E-state index in [2.05, 4.69) is 5.32 Å². The van der Waals surface area contributed by atoms with Crippen LogP contribution in [0.2, 0.25) is 0 Å². The first kappa shape index (κ1) is 27.6. The van der Waals surface area contributed by atoms with E-state index in [0.29, 0.717) is 22.6 Å². The van der Waals surface area contributed by atoms with Crippen molar-refractivity contribution in [2.45, 2.75) is 12.2 Å². The Morgan fingerprint density at radius 2 is 1.20 bits per heavy atom. The van der Waals surface area contributed by atoms with Crippen molar-refractivity contribution < 1.29 is 43.2 Å². The van der Waals surface area contributed by atoms with Gasteiger partial charge in [-0.2, -0.15) is 0 Å². The first-order valence-electron chi connectivity index (χ1n) is 12.0. The molecule has 1 amide bonds. The van der Waals surface area contributed by atoms with Gasteiger partial charge in [0.2, 0.25) is 12.2 Å². The number of carbonyl (C=O) groups is 4. The molecule has 40 heavy (non-hydrogen) atoms. The van der Waals surface area contributed by atoms with Crippen LogP contribution in [0.4, 0.5) is 5.69 Å². The van der Waals surface area contributed by atoms with E-state index in [4.69, 9.17) is 18.9 Å². The van der Waals surface area contributed by atoms with Gasteiger partial charge in [0.15, 0.2) is 0 Å². The van der Waals surface area contributed by atoms with Crippen molar-refractivity contribution in [1.29, 1.82) is 0 Å². The second kappa shape index (κ2) is 12.4. The van der Waals surface area contributed by atoms with Crippen LogP contribution in [0.25, 0.3) is 10.8 Å². The molecule has 2 atom stereocenters. The fraction of sp³-hybridized carbons (Fsp3) is 0.133. The highest BCUT2D eigenvalue weighted by Crippen LogP contribution is 2.25. The Balaban J connectivity index is 1.68. The number of methoxy groups -OCH3 is 2. The number of rotatable bonds is 10. The van der Waals surface area contributed by atoms with Gasteiger partial charge in [0, 0.05) is 11.1 Å². The standard InChI is InChI=1S/C30H25NO9/c1-37-21-12-5-10-19(16-21)29(35)39-25(27(32)31-24-15-7-9-18-8-3-4-14-23(18)24)26(28(33)34)40-30(36)20-11-6-13-22(17-20)38-2/h3-17,25-26H,1-2H3,(H,31,32)(H,33,34)/t25-,26-/m1/s1. The number of nitrogens with one attached hydrogen (secondary N) is 1. The zero-order valence-electron chi connectivity index (χ0n) is 21.5. The van der Waals surface area contributed by atoms with Crippen LogP contribution in [0.1, 0.15) is 20.7 Å². The van der Waals surface area contributed by atoms with Gasteiger partial charge >= 0.3 is 17.9 Å². The van der Waals surface area contributed by atoms with E-state index in [1.807, 2.05) is 18.2 Å². The van der Waals surface area contributed by atoms with Crippen molar-refractivity contribution in [2.24, 2.45) is 0 Å². The lowest BCUT2D eigenvalue weighted by molar-refractivity contribution is -0.157. The number of amides is 1. The van der Waals surface area contributed by atoms with E-state index < -0.39 is 36.0 Å². The lowest BCUT2D eigenvalue weighted by Gasteiger charge is -2.24. The number of esters is 2. The van der Waals surface area contributed by atoms with Gasteiger partial charge in [-0.3, -0.25) is 4.79 Å². The highest BCUT2D eigenvalue weighted by molar-refractivity contribution is 6.06. The number of carbonyl (C=O) groups excluding carboxylic acids is 3. The van der Waals surface area contributed by atoms with Crippen LogP contribution < -0.4 is 14.8 Å². The monoisotopic (exact) mass is 543 g/mol. The number of fused-ring (bicyclic) bond motifs is 1. The van der Waals surface area contributed by atoms with E-state index >= 15 is 0 Å². The third-order valence-corrected chi connectivity index (χ3v) is 5.90. The first-order chi connectivity index (χ1) is 19.3. The van der Waals surface area contributed by atoms with Crippen LogP contribution in [0, 0.1) is 0 Å². The second-order valence-corrected chi connectivity index (χ2v) is 8.47. The summed E-state index contributed by atoms with van der Waals surface area (Å²) in [7, 11) is 2.81. The minimum atomic E-state index is -2.19. The summed E-state index contributed by atoms with van der Waals surface area (Å²) in [5.74, 6) is -4.14. The van der Waals surface area contributed by atoms with E-state index in [1.54, 1.807) is 36.4 Å². The second-order valence-electron chi connectivity index (χ2n) is 8.47. The van der Waals surface area contributed by atoms with Crippen LogP contribution >= 0.6 is 0 Å². The molecule has 0 radical (unpaired) electrons. The Labute approximate surface area is 229 Å². The van der Waals surface area contributed by atoms with Gasteiger partial charge in [-0.1, -0.05) is 48.5 Å². The van der Waals surface area contributed by atoms with Gasteiger partial charge in [0.25, 0.3) is 5.91 Å². The molecule has 0 aromatic heterocycles. The van der Waals surface area contributed by atoms with Gasteiger partial charge < -0.3 is 29.4 Å². The SMILES string of the molecule is COc1cccc(C(=O)O[C@@H](C(=O)O)[C@@H](OC(=O)c2cccc(OC)c2)C(=O)Nc2cccc3ccccc23)c1. The van der Waals surface area contributed by atoms with Gasteiger partial charge in [-0.15, -0.1) is 0 Å². The van der Waals surface area contributed by atoms with Gasteiger partial charge in [-0.05, 0) is 47.9 Å². The molecule has 10 nitrogen and oxygen atoms in total. The molecule has 0 unspecified atom stereocenters. The number of hydrogen-bond acceptors (Lipinski definition) is 8. The fourth-order valence-electron chi connectivity index (χ4n) is 3.90. The molecule has 0 fully saturated rings. The molecule has 0 bridgehead atoms. The lowest BCUT2D eigenvalue weighted by Crippen LogP contribution is -2.48. The molecule has 0 spiro atoms. The summed E-state index contributed by atoms with van der Waals surface area (Å²) in [5, 5.41) is 14.1. The first-order valence-corrected chi connectivity index (χ1v) is 12.0. The number of hydrogen-bond donors (Lipinski definition) is 2. The molecule has 0 aliphatic carbocycles. The summed E-state index contributed by atoms with van der Waals surface area (Å²) in [6, 6.07) is 24.1. The maximum atomic E-state index is 13.5. The average Bonchev–Trinajstić information content (AvgIpc) is 2.98. The third-order valence-electron chi connectivity index (χ3n) is 5.90. The Hall–Kier alpha value is -5.38. The quantitative estimate of drug-likeness (QED) is 0.280. The molecule has 204 valence electrons. The maximum Gasteiger partial charge on any atom is 0.349 e. The van der Waals surface area contributed by atoms with Crippen molar-refractivity contribution in [3.63, 3.8) is 0 Å². The van der Waals surface area contributed by atoms with E-state index in [0.717, 1.165) is 5.39 Å². The highest BCUT2D eigenvalue weighted by Gasteiger charge is 2.41. The summed E-state index contributed by atoms with van der Waals surface area (Å²) in [6.07, 6.45) is -4.26. The van der Waals surface area contributed by atoms with Gasteiger partial charge in [-0.25, -0.2) is 14.4 Å². The topological polar surface area (TPSA) is 137 Å². The number of benzene rings is 4. The predicted octanol–water partition coefficient (Wildman–Crippen LogP) is 4.33. The molecule has 0 heterocycles. The lowest BCUT2D eigenvalue weighted by atomic mass is 10.1. The Morgan fingerprint density at radius 3 is 1.77 bits per heavy atom. The van der Waals surface area contributed by atoms with Crippen molar-refractivity contribution in [3.05, 3.63) is 102 Å². The number of ether oxygens (including phenoxy) is 4. The Bertz CT molecular complexity index is 1560. The van der Waals surface area contributed by atoms with Crippen LogP contribution in [0.15, 0.2) is 91.0 Å². The Kier molecular flexibility index (Phi) is 8.60. The third kappa shape index (κ3) is 6.36. The predicted molar refractivity (Wildman–Crippen MR) is 145 cm³/mol. The van der Waals surface area contributed by atoms with E-state index in [9.17, 15) is 24.3 Å². The van der Waals surface area contributed by atoms with Gasteiger partial charge in [0.1, 0.15) is 11.5 Å². The molecular formula is C30H25NO9. The summed E-state index contributed by atoms with van der Waals surface area (Å²) in [6.45, 7) is 0. The maximum absolute atomic E-state index is 13.5. The molecular weight excluding hydrogens is 518 g/mol. The van der Waals surface area contributed by atoms with Crippen molar-refractivity contribution >= 4 is 40.3 Å². The minimum absolute atomic E-state index is 0.00873. The molecule has 0 saturated heterocycles. The summed E-state index contributed by atoms with van der Waals surface area (Å²) in [4.78, 5) is 51.8. The highest BCUT2D eigenvalue weighted by atomic mass is 16.6. The number of aliphatic carboxylic acids is 1. The molecule has 4 aromatic rings. The van der Waals surface area contributed by atoms with Crippen molar-refractivity contribution in [2.75, 3.05) is 19.5 Å². The van der Waals surface area contributed by atoms with E-state index in [1.165, 1.54) is 50.6 Å². The Morgan fingerprint density at radius 1 is 0.675 bits per heavy atom. The fourth-order valence-corrected chi connectivity index (χ4v) is 3.90. The number of anilines is 1. The summed E-state index contributed by atoms with van der Waals surface area (Å²) in [5.41, 5.74) is 0.303. The van der Waals surface area contributed by atoms with Crippen molar-refractivity contribution in [1.82, 2.24) is 0 Å². The smallest absolute Gasteiger partial charge is 0.349 e. The molecule has 4 rings (SSSR count). The molecule has 0 aliphatic heterocycles. The average molecular weight is 544 g/mol. The van der Waals surface area contributed by atoms with Crippen LogP contribution in [0.5, 0.6) is 11.5 Å². The largest absolute Gasteiger partial charge is 0.497 e. The molecule has 4 aromatic carbocycles. The molecule has 0 saturated carbocycles. The van der Waals surface area contributed by atoms with Crippen LogP contribution in [-0.4, -0.2) is 55.3 Å². The normalized spacial score (nSPS) is 12.1. The summed E-state index contributed by atoms with van der Waals surface area (Å²) < 4.78 is 20.8. The summed E-state index contributed by atoms with van der Waals surface area (Å²) >= 11 is 0. The molecule has 10 heteroatoms. The van der Waals surface area contributed by atoms with Crippen LogP contribution in [0.3, 0.4) is 0 Å². The number of carboxylic acid groups (broad SMARTS) is 1. The molecule has 0 aliphatic rings. The zero-order valence-corrected chi connectivity index (χ0v) is 21.5. The van der Waals surface area contributed by atoms with Gasteiger partial charge in [0.05, 0.1) is 25.3 Å². The minimum Gasteiger partial charge on any atom is -0.497 e. The van der Waals surface area contributed by atoms with E-state index in [-0.39, 0.29) is 11.1 Å². The molecule has 2 N–H and O–H groups in total. The zero-order chi connectivity index (χ0) is 28.6. The van der Waals surface area contributed by atoms with Crippen molar-refractivity contribution in [3.8, 4) is 11.5 Å². The van der Waals surface area contributed by atoms with Crippen LogP contribution in [-0.2, 0) is 19.1 Å².